The van der Waals surface area contributed by atoms with Crippen LogP contribution in [0.2, 0.25) is 0 Å². The zero-order valence-corrected chi connectivity index (χ0v) is 38.8. The van der Waals surface area contributed by atoms with Crippen LogP contribution in [0.15, 0.2) is 73.4 Å². The van der Waals surface area contributed by atoms with Crippen LogP contribution in [0.25, 0.3) is 33.3 Å². The van der Waals surface area contributed by atoms with E-state index in [2.05, 4.69) is 79.2 Å². The van der Waals surface area contributed by atoms with Crippen LogP contribution in [0.1, 0.15) is 83.2 Å². The van der Waals surface area contributed by atoms with Gasteiger partial charge in [0.2, 0.25) is 17.7 Å². The summed E-state index contributed by atoms with van der Waals surface area (Å²) in [5.41, 5.74) is 9.63. The number of pyridine rings is 1. The maximum atomic E-state index is 14.7. The Morgan fingerprint density at radius 1 is 1.02 bits per heavy atom. The molecule has 4 amide bonds. The first kappa shape index (κ1) is 45.7. The van der Waals surface area contributed by atoms with Crippen molar-refractivity contribution in [3.63, 3.8) is 0 Å². The number of nitrogens with one attached hydrogen (secondary N) is 2. The third-order valence-electron chi connectivity index (χ3n) is 14.1. The van der Waals surface area contributed by atoms with Gasteiger partial charge in [-0.15, -0.1) is 0 Å². The van der Waals surface area contributed by atoms with Gasteiger partial charge >= 0.3 is 5.97 Å². The molecule has 0 saturated carbocycles. The maximum Gasteiger partial charge on any atom is 0.324 e. The number of ether oxygens (including phenoxy) is 2. The van der Waals surface area contributed by atoms with Crippen molar-refractivity contribution in [3.05, 3.63) is 90.3 Å². The standard InChI is InChI=1S/C51H63N7O7/c1-9-42(59)56-23-19-51(29-56)20-24-57(49(51)63)44(31(2)3)46(60)53-40-26-33-13-10-14-34(25-33)35-17-18-41-37(27-35)38(45(55(41)7)36-15-11-21-52-43(36)32(4)64-8)28-50(5,6)30-65-48(62)39-16-12-22-58(54-39)47(40)61/h9-11,13-15,17-18,21,25,27,31-32,39-40,44,54H,1,12,16,19-20,22-24,26,28-30H2,2-8H3,(H,53,60)/t32-,39-,40-,44?,51?/m0/s1. The summed E-state index contributed by atoms with van der Waals surface area (Å²) in [6.07, 6.45) is 5.62. The minimum Gasteiger partial charge on any atom is -0.464 e. The number of amides is 4. The zero-order chi connectivity index (χ0) is 46.4. The molecule has 2 N–H and O–H groups in total. The van der Waals surface area contributed by atoms with E-state index in [0.717, 1.165) is 50.1 Å². The summed E-state index contributed by atoms with van der Waals surface area (Å²) in [6.45, 7) is 15.2. The van der Waals surface area contributed by atoms with Gasteiger partial charge in [0.1, 0.15) is 18.1 Å². The summed E-state index contributed by atoms with van der Waals surface area (Å²) in [7, 11) is 3.75. The predicted molar refractivity (Wildman–Crippen MR) is 248 cm³/mol. The van der Waals surface area contributed by atoms with Crippen LogP contribution in [0.5, 0.6) is 0 Å². The molecule has 5 atom stereocenters. The molecule has 0 aliphatic carbocycles. The summed E-state index contributed by atoms with van der Waals surface area (Å²) in [4.78, 5) is 78.1. The molecule has 2 aromatic carbocycles. The fourth-order valence-corrected chi connectivity index (χ4v) is 10.5. The van der Waals surface area contributed by atoms with Crippen molar-refractivity contribution >= 4 is 40.5 Å². The quantitative estimate of drug-likeness (QED) is 0.162. The lowest BCUT2D eigenvalue weighted by molar-refractivity contribution is -0.155. The Bertz CT molecular complexity index is 2530. The van der Waals surface area contributed by atoms with Crippen molar-refractivity contribution in [2.45, 2.75) is 97.4 Å². The molecule has 14 heteroatoms. The number of aromatic nitrogens is 2. The normalized spacial score (nSPS) is 23.4. The van der Waals surface area contributed by atoms with Crippen molar-refractivity contribution in [1.29, 1.82) is 0 Å². The van der Waals surface area contributed by atoms with E-state index in [1.807, 2.05) is 39.0 Å². The van der Waals surface area contributed by atoms with E-state index in [0.29, 0.717) is 51.7 Å². The highest BCUT2D eigenvalue weighted by molar-refractivity contribution is 5.97. The molecule has 4 aromatic rings. The summed E-state index contributed by atoms with van der Waals surface area (Å²) >= 11 is 0. The van der Waals surface area contributed by atoms with Crippen LogP contribution in [0.4, 0.5) is 0 Å². The first-order valence-corrected chi connectivity index (χ1v) is 23.0. The molecule has 2 aromatic heterocycles. The van der Waals surface area contributed by atoms with Crippen molar-refractivity contribution in [1.82, 2.24) is 35.1 Å². The number of hydrogen-bond acceptors (Lipinski definition) is 9. The van der Waals surface area contributed by atoms with Gasteiger partial charge in [0.05, 0.1) is 29.5 Å². The molecule has 4 aliphatic heterocycles. The first-order chi connectivity index (χ1) is 31.0. The van der Waals surface area contributed by atoms with E-state index in [4.69, 9.17) is 14.5 Å². The number of fused-ring (bicyclic) bond motifs is 6. The smallest absolute Gasteiger partial charge is 0.324 e. The minimum atomic E-state index is -1.04. The fourth-order valence-electron chi connectivity index (χ4n) is 10.5. The van der Waals surface area contributed by atoms with Crippen LogP contribution in [-0.2, 0) is 53.3 Å². The minimum absolute atomic E-state index is 0.137. The summed E-state index contributed by atoms with van der Waals surface area (Å²) in [5.74, 6) is -1.89. The van der Waals surface area contributed by atoms with E-state index >= 15 is 0 Å². The lowest BCUT2D eigenvalue weighted by Crippen LogP contribution is -2.62. The number of benzene rings is 2. The fraction of sp³-hybridized carbons (Fsp3) is 0.490. The summed E-state index contributed by atoms with van der Waals surface area (Å²) in [6, 6.07) is 15.9. The Labute approximate surface area is 381 Å². The Kier molecular flexibility index (Phi) is 12.8. The van der Waals surface area contributed by atoms with Crippen LogP contribution >= 0.6 is 0 Å². The molecule has 14 nitrogen and oxygen atoms in total. The lowest BCUT2D eigenvalue weighted by Gasteiger charge is -2.37. The Balaban J connectivity index is 1.17. The van der Waals surface area contributed by atoms with E-state index < -0.39 is 40.8 Å². The number of aryl methyl sites for hydroxylation is 1. The molecule has 2 unspecified atom stereocenters. The number of cyclic esters (lactones) is 1. The van der Waals surface area contributed by atoms with Crippen LogP contribution in [0, 0.1) is 16.7 Å². The van der Waals surface area contributed by atoms with Gasteiger partial charge in [0.15, 0.2) is 0 Å². The number of methoxy groups -OCH3 is 1. The van der Waals surface area contributed by atoms with Gasteiger partial charge in [0, 0.05) is 74.8 Å². The zero-order valence-electron chi connectivity index (χ0n) is 38.8. The summed E-state index contributed by atoms with van der Waals surface area (Å²) < 4.78 is 14.1. The van der Waals surface area contributed by atoms with Crippen molar-refractivity contribution < 1.29 is 33.4 Å². The first-order valence-electron chi connectivity index (χ1n) is 23.0. The number of rotatable bonds is 8. The van der Waals surface area contributed by atoms with Gasteiger partial charge in [0.25, 0.3) is 5.91 Å². The lowest BCUT2D eigenvalue weighted by atomic mass is 9.84. The molecule has 4 aliphatic rings. The Morgan fingerprint density at radius 3 is 2.54 bits per heavy atom. The molecular formula is C51H63N7O7. The number of likely N-dealkylation sites (tertiary alicyclic amines) is 2. The third kappa shape index (κ3) is 8.82. The Hall–Kier alpha value is -5.86. The number of hydrogen-bond donors (Lipinski definition) is 2. The highest BCUT2D eigenvalue weighted by atomic mass is 16.5. The predicted octanol–water partition coefficient (Wildman–Crippen LogP) is 5.92. The molecule has 1 spiro atoms. The molecule has 344 valence electrons. The molecule has 0 radical (unpaired) electrons. The number of nitrogens with zero attached hydrogens (tertiary/aromatic N) is 5. The molecular weight excluding hydrogens is 823 g/mol. The molecule has 6 bridgehead atoms. The highest BCUT2D eigenvalue weighted by Gasteiger charge is 2.54. The molecule has 65 heavy (non-hydrogen) atoms. The molecule has 3 fully saturated rings. The van der Waals surface area contributed by atoms with Gasteiger partial charge < -0.3 is 29.2 Å². The van der Waals surface area contributed by atoms with Crippen LogP contribution in [0.3, 0.4) is 0 Å². The van der Waals surface area contributed by atoms with E-state index in [9.17, 15) is 24.0 Å². The monoisotopic (exact) mass is 885 g/mol. The molecule has 6 heterocycles. The van der Waals surface area contributed by atoms with E-state index in [-0.39, 0.29) is 49.3 Å². The second-order valence-corrected chi connectivity index (χ2v) is 19.6. The van der Waals surface area contributed by atoms with Gasteiger partial charge in [-0.3, -0.25) is 34.0 Å². The molecule has 8 rings (SSSR count). The van der Waals surface area contributed by atoms with E-state index in [1.54, 1.807) is 23.1 Å². The Morgan fingerprint density at radius 2 is 1.78 bits per heavy atom. The van der Waals surface area contributed by atoms with Gasteiger partial charge in [-0.1, -0.05) is 64.6 Å². The van der Waals surface area contributed by atoms with Gasteiger partial charge in [-0.2, -0.15) is 0 Å². The second-order valence-electron chi connectivity index (χ2n) is 19.6. The number of esters is 1. The number of carbonyl (C=O) groups excluding carboxylic acids is 5. The second kappa shape index (κ2) is 18.2. The molecule has 3 saturated heterocycles. The van der Waals surface area contributed by atoms with E-state index in [1.165, 1.54) is 11.1 Å². The van der Waals surface area contributed by atoms with Gasteiger partial charge in [-0.05, 0) is 97.5 Å². The average Bonchev–Trinajstić information content (AvgIpc) is 3.96. The van der Waals surface area contributed by atoms with Crippen molar-refractivity contribution in [2.24, 2.45) is 23.8 Å². The highest BCUT2D eigenvalue weighted by Crippen LogP contribution is 2.43. The number of carbonyl (C=O) groups is 5. The largest absolute Gasteiger partial charge is 0.464 e. The van der Waals surface area contributed by atoms with Crippen LogP contribution < -0.4 is 10.7 Å². The third-order valence-corrected chi connectivity index (χ3v) is 14.1. The maximum absolute atomic E-state index is 14.7. The average molecular weight is 886 g/mol. The van der Waals surface area contributed by atoms with Crippen LogP contribution in [-0.4, -0.2) is 112 Å². The number of hydrazine groups is 1. The van der Waals surface area contributed by atoms with Gasteiger partial charge in [-0.25, -0.2) is 5.43 Å². The summed E-state index contributed by atoms with van der Waals surface area (Å²) in [5, 5.41) is 5.61. The van der Waals surface area contributed by atoms with Crippen molar-refractivity contribution in [3.8, 4) is 22.4 Å². The van der Waals surface area contributed by atoms with Crippen molar-refractivity contribution in [2.75, 3.05) is 39.9 Å². The SMILES string of the molecule is C=CC(=O)N1CCC2(CCN(C(C(=O)N[C@H]3Cc4cccc(c4)-c4ccc5c(c4)c(c(-c4cccnc4[C@H](C)OC)n5C)CC(C)(C)COC(=O)[C@@H]4CCCN(N4)C3=O)C(C)C)C2=O)C1. The topological polar surface area (TPSA) is 155 Å².